The molecule has 158 valence electrons. The van der Waals surface area contributed by atoms with Crippen molar-refractivity contribution in [1.29, 1.82) is 0 Å². The second kappa shape index (κ2) is 7.35. The molecule has 0 saturated carbocycles. The summed E-state index contributed by atoms with van der Waals surface area (Å²) in [5.74, 6) is -0.494. The Bertz CT molecular complexity index is 1500. The van der Waals surface area contributed by atoms with Gasteiger partial charge < -0.3 is 15.8 Å². The molecule has 0 unspecified atom stereocenters. The Morgan fingerprint density at radius 3 is 2.50 bits per heavy atom. The SMILES string of the molecule is Cn1nc(-c2cccc(-c3cccc(F)c3)c2)c(O)c1-c1nc2ccc(C(N)=O)cc2[nH]1. The normalized spacial score (nSPS) is 11.2. The number of fused-ring (bicyclic) bond motifs is 1. The van der Waals surface area contributed by atoms with Crippen molar-refractivity contribution in [3.8, 4) is 39.7 Å². The topological polar surface area (TPSA) is 110 Å². The number of halogens is 1. The van der Waals surface area contributed by atoms with Crippen LogP contribution in [0.4, 0.5) is 4.39 Å². The van der Waals surface area contributed by atoms with E-state index in [1.165, 1.54) is 16.8 Å². The van der Waals surface area contributed by atoms with Gasteiger partial charge in [0.25, 0.3) is 0 Å². The molecule has 32 heavy (non-hydrogen) atoms. The number of aromatic nitrogens is 4. The van der Waals surface area contributed by atoms with E-state index in [2.05, 4.69) is 15.1 Å². The Labute approximate surface area is 182 Å². The van der Waals surface area contributed by atoms with Crippen LogP contribution in [0.25, 0.3) is 44.9 Å². The van der Waals surface area contributed by atoms with Gasteiger partial charge in [0.2, 0.25) is 5.91 Å². The molecule has 5 rings (SSSR count). The number of primary amides is 1. The highest BCUT2D eigenvalue weighted by atomic mass is 19.1. The zero-order valence-electron chi connectivity index (χ0n) is 17.0. The van der Waals surface area contributed by atoms with Crippen molar-refractivity contribution in [2.75, 3.05) is 0 Å². The summed E-state index contributed by atoms with van der Waals surface area (Å²) in [5.41, 5.74) is 9.93. The summed E-state index contributed by atoms with van der Waals surface area (Å²) in [4.78, 5) is 19.1. The van der Waals surface area contributed by atoms with E-state index in [4.69, 9.17) is 5.73 Å². The molecular weight excluding hydrogens is 409 g/mol. The number of hydrogen-bond acceptors (Lipinski definition) is 4. The minimum Gasteiger partial charge on any atom is -0.504 e. The van der Waals surface area contributed by atoms with Gasteiger partial charge in [0, 0.05) is 18.2 Å². The van der Waals surface area contributed by atoms with Crippen molar-refractivity contribution in [2.45, 2.75) is 0 Å². The molecule has 1 amide bonds. The second-order valence-electron chi connectivity index (χ2n) is 7.44. The number of aryl methyl sites for hydroxylation is 1. The van der Waals surface area contributed by atoms with Gasteiger partial charge in [0.1, 0.15) is 17.2 Å². The first-order chi connectivity index (χ1) is 15.4. The number of nitrogens with zero attached hydrogens (tertiary/aromatic N) is 3. The lowest BCUT2D eigenvalue weighted by Crippen LogP contribution is -2.10. The zero-order chi connectivity index (χ0) is 22.4. The van der Waals surface area contributed by atoms with E-state index in [0.717, 1.165) is 11.1 Å². The van der Waals surface area contributed by atoms with E-state index in [1.807, 2.05) is 30.3 Å². The fourth-order valence-corrected chi connectivity index (χ4v) is 3.76. The summed E-state index contributed by atoms with van der Waals surface area (Å²) in [6.07, 6.45) is 0. The molecule has 0 aliphatic heterocycles. The fourth-order valence-electron chi connectivity index (χ4n) is 3.76. The van der Waals surface area contributed by atoms with Crippen LogP contribution in [0.1, 0.15) is 10.4 Å². The molecule has 2 heterocycles. The number of amides is 1. The molecule has 0 spiro atoms. The molecule has 0 fully saturated rings. The van der Waals surface area contributed by atoms with Crippen molar-refractivity contribution in [2.24, 2.45) is 12.8 Å². The van der Waals surface area contributed by atoms with E-state index < -0.39 is 5.91 Å². The highest BCUT2D eigenvalue weighted by molar-refractivity contribution is 5.96. The van der Waals surface area contributed by atoms with E-state index in [-0.39, 0.29) is 11.6 Å². The molecule has 3 aromatic carbocycles. The zero-order valence-corrected chi connectivity index (χ0v) is 17.0. The maximum absolute atomic E-state index is 13.6. The molecule has 0 bridgehead atoms. The summed E-state index contributed by atoms with van der Waals surface area (Å²) in [6, 6.07) is 18.6. The van der Waals surface area contributed by atoms with Gasteiger partial charge in [0.15, 0.2) is 11.6 Å². The van der Waals surface area contributed by atoms with E-state index in [0.29, 0.717) is 39.4 Å². The van der Waals surface area contributed by atoms with Gasteiger partial charge in [-0.15, -0.1) is 0 Å². The van der Waals surface area contributed by atoms with Gasteiger partial charge in [-0.05, 0) is 47.5 Å². The molecule has 4 N–H and O–H groups in total. The lowest BCUT2D eigenvalue weighted by atomic mass is 10.0. The van der Waals surface area contributed by atoms with Crippen LogP contribution in [-0.2, 0) is 7.05 Å². The first-order valence-corrected chi connectivity index (χ1v) is 9.83. The highest BCUT2D eigenvalue weighted by Gasteiger charge is 2.21. The number of hydrogen-bond donors (Lipinski definition) is 3. The number of H-pyrrole nitrogens is 1. The summed E-state index contributed by atoms with van der Waals surface area (Å²) >= 11 is 0. The molecule has 2 aromatic heterocycles. The van der Waals surface area contributed by atoms with Gasteiger partial charge in [-0.2, -0.15) is 5.10 Å². The number of rotatable bonds is 4. The maximum Gasteiger partial charge on any atom is 0.248 e. The third-order valence-electron chi connectivity index (χ3n) is 5.31. The molecule has 7 nitrogen and oxygen atoms in total. The van der Waals surface area contributed by atoms with Gasteiger partial charge in [-0.1, -0.05) is 30.3 Å². The second-order valence-corrected chi connectivity index (χ2v) is 7.44. The number of nitrogens with two attached hydrogens (primary N) is 1. The number of carbonyl (C=O) groups excluding carboxylic acids is 1. The summed E-state index contributed by atoms with van der Waals surface area (Å²) < 4.78 is 15.2. The molecule has 5 aromatic rings. The Hall–Kier alpha value is -4.46. The fraction of sp³-hybridized carbons (Fsp3) is 0.0417. The van der Waals surface area contributed by atoms with Crippen LogP contribution in [0.5, 0.6) is 5.75 Å². The average Bonchev–Trinajstić information content (AvgIpc) is 3.32. The number of benzene rings is 3. The molecule has 0 aliphatic rings. The summed E-state index contributed by atoms with van der Waals surface area (Å²) in [6.45, 7) is 0. The minimum absolute atomic E-state index is 0.0435. The van der Waals surface area contributed by atoms with E-state index in [9.17, 15) is 14.3 Å². The summed E-state index contributed by atoms with van der Waals surface area (Å²) in [7, 11) is 1.71. The van der Waals surface area contributed by atoms with Crippen molar-refractivity contribution in [1.82, 2.24) is 19.7 Å². The number of carbonyl (C=O) groups is 1. The van der Waals surface area contributed by atoms with Crippen molar-refractivity contribution >= 4 is 16.9 Å². The third kappa shape index (κ3) is 3.27. The number of imidazole rings is 1. The van der Waals surface area contributed by atoms with Gasteiger partial charge >= 0.3 is 0 Å². The first kappa shape index (κ1) is 19.5. The lowest BCUT2D eigenvalue weighted by molar-refractivity contribution is 0.100. The maximum atomic E-state index is 13.6. The van der Waals surface area contributed by atoms with Crippen LogP contribution in [0.15, 0.2) is 66.7 Å². The molecule has 0 radical (unpaired) electrons. The van der Waals surface area contributed by atoms with E-state index in [1.54, 1.807) is 31.3 Å². The monoisotopic (exact) mass is 427 g/mol. The van der Waals surface area contributed by atoms with Gasteiger partial charge in [-0.3, -0.25) is 9.48 Å². The molecule has 0 aliphatic carbocycles. The number of aromatic hydroxyl groups is 1. The van der Waals surface area contributed by atoms with Crippen LogP contribution >= 0.6 is 0 Å². The summed E-state index contributed by atoms with van der Waals surface area (Å²) in [5, 5.41) is 15.5. The van der Waals surface area contributed by atoms with Crippen LogP contribution in [-0.4, -0.2) is 30.8 Å². The Balaban J connectivity index is 1.59. The largest absolute Gasteiger partial charge is 0.504 e. The Morgan fingerprint density at radius 2 is 1.75 bits per heavy atom. The standard InChI is InChI=1S/C24H18FN5O2/c1-30-21(24-27-18-9-8-16(23(26)32)12-19(18)28-24)22(31)20(29-30)15-6-2-4-13(10-15)14-5-3-7-17(25)11-14/h2-12,31H,1H3,(H2,26,32)(H,27,28). The van der Waals surface area contributed by atoms with Gasteiger partial charge in [0.05, 0.1) is 11.0 Å². The Kier molecular flexibility index (Phi) is 4.48. The average molecular weight is 427 g/mol. The third-order valence-corrected chi connectivity index (χ3v) is 5.31. The Morgan fingerprint density at radius 1 is 1.03 bits per heavy atom. The quantitative estimate of drug-likeness (QED) is 0.398. The number of nitrogens with one attached hydrogen (secondary N) is 1. The van der Waals surface area contributed by atoms with Crippen molar-refractivity contribution < 1.29 is 14.3 Å². The van der Waals surface area contributed by atoms with Crippen molar-refractivity contribution in [3.63, 3.8) is 0 Å². The molecule has 0 saturated heterocycles. The molecule has 0 atom stereocenters. The van der Waals surface area contributed by atoms with Crippen LogP contribution in [0, 0.1) is 5.82 Å². The number of aromatic amines is 1. The molecule has 8 heteroatoms. The van der Waals surface area contributed by atoms with Crippen LogP contribution in [0.3, 0.4) is 0 Å². The predicted octanol–water partition coefficient (Wildman–Crippen LogP) is 4.24. The lowest BCUT2D eigenvalue weighted by Gasteiger charge is -2.05. The molecular formula is C24H18FN5O2. The smallest absolute Gasteiger partial charge is 0.248 e. The van der Waals surface area contributed by atoms with E-state index >= 15 is 0 Å². The van der Waals surface area contributed by atoms with Crippen LogP contribution < -0.4 is 5.73 Å². The first-order valence-electron chi connectivity index (χ1n) is 9.83. The minimum atomic E-state index is -0.535. The van der Waals surface area contributed by atoms with Crippen molar-refractivity contribution in [3.05, 3.63) is 78.1 Å². The highest BCUT2D eigenvalue weighted by Crippen LogP contribution is 2.38. The van der Waals surface area contributed by atoms with Gasteiger partial charge in [-0.25, -0.2) is 9.37 Å². The van der Waals surface area contributed by atoms with Crippen LogP contribution in [0.2, 0.25) is 0 Å². The predicted molar refractivity (Wildman–Crippen MR) is 119 cm³/mol.